The zero-order valence-electron chi connectivity index (χ0n) is 12.9. The zero-order valence-corrected chi connectivity index (χ0v) is 12.9. The number of carbonyl (C=O) groups is 1. The van der Waals surface area contributed by atoms with Crippen LogP contribution in [0.4, 0.5) is 5.69 Å². The van der Waals surface area contributed by atoms with E-state index in [0.29, 0.717) is 12.3 Å². The van der Waals surface area contributed by atoms with Crippen LogP contribution in [-0.4, -0.2) is 37.0 Å². The molecule has 0 aliphatic carbocycles. The second-order valence-corrected chi connectivity index (χ2v) is 5.51. The van der Waals surface area contributed by atoms with Crippen molar-refractivity contribution in [2.24, 2.45) is 0 Å². The molecule has 2 rings (SSSR count). The van der Waals surface area contributed by atoms with Crippen LogP contribution in [0, 0.1) is 11.3 Å². The van der Waals surface area contributed by atoms with Gasteiger partial charge in [-0.3, -0.25) is 9.69 Å². The Kier molecular flexibility index (Phi) is 6.72. The zero-order chi connectivity index (χ0) is 15.6. The Morgan fingerprint density at radius 2 is 1.86 bits per heavy atom. The Bertz CT molecular complexity index is 500. The number of nitriles is 1. The van der Waals surface area contributed by atoms with Gasteiger partial charge < -0.3 is 10.1 Å². The molecule has 0 bridgehead atoms. The predicted octanol–water partition coefficient (Wildman–Crippen LogP) is 2.79. The van der Waals surface area contributed by atoms with Crippen LogP contribution in [0.5, 0.6) is 5.75 Å². The molecule has 1 aromatic rings. The summed E-state index contributed by atoms with van der Waals surface area (Å²) in [5, 5.41) is 11.1. The maximum atomic E-state index is 11.3. The molecule has 1 aromatic carbocycles. The number of carbonyl (C=O) groups excluding carboxylic acids is 1. The molecule has 0 radical (unpaired) electrons. The van der Waals surface area contributed by atoms with Gasteiger partial charge in [0.25, 0.3) is 0 Å². The molecule has 118 valence electrons. The summed E-state index contributed by atoms with van der Waals surface area (Å²) in [6.45, 7) is 3.99. The molecule has 1 saturated heterocycles. The van der Waals surface area contributed by atoms with Crippen molar-refractivity contribution in [2.45, 2.75) is 32.1 Å². The van der Waals surface area contributed by atoms with Crippen LogP contribution in [0.1, 0.15) is 32.1 Å². The number of ether oxygens (including phenoxy) is 1. The first-order valence-electron chi connectivity index (χ1n) is 7.90. The van der Waals surface area contributed by atoms with Gasteiger partial charge in [0.2, 0.25) is 5.91 Å². The van der Waals surface area contributed by atoms with E-state index >= 15 is 0 Å². The SMILES string of the molecule is N#CCC(=O)Nc1ccc(OCCN2CCCCCC2)cc1. The average Bonchev–Trinajstić information content (AvgIpc) is 2.78. The van der Waals surface area contributed by atoms with E-state index in [1.165, 1.54) is 38.8 Å². The van der Waals surface area contributed by atoms with E-state index in [1.807, 2.05) is 18.2 Å². The molecule has 0 saturated carbocycles. The summed E-state index contributed by atoms with van der Waals surface area (Å²) < 4.78 is 5.75. The van der Waals surface area contributed by atoms with E-state index in [9.17, 15) is 4.79 Å². The fourth-order valence-electron chi connectivity index (χ4n) is 2.56. The third kappa shape index (κ3) is 5.74. The van der Waals surface area contributed by atoms with Crippen molar-refractivity contribution >= 4 is 11.6 Å². The number of nitrogens with zero attached hydrogens (tertiary/aromatic N) is 2. The summed E-state index contributed by atoms with van der Waals surface area (Å²) in [6, 6.07) is 9.07. The van der Waals surface area contributed by atoms with E-state index < -0.39 is 0 Å². The smallest absolute Gasteiger partial charge is 0.238 e. The Hall–Kier alpha value is -2.06. The Morgan fingerprint density at radius 3 is 2.50 bits per heavy atom. The first-order chi connectivity index (χ1) is 10.8. The van der Waals surface area contributed by atoms with Gasteiger partial charge in [-0.2, -0.15) is 5.26 Å². The molecule has 0 spiro atoms. The molecular weight excluding hydrogens is 278 g/mol. The standard InChI is InChI=1S/C17H23N3O2/c18-10-9-17(21)19-15-5-7-16(8-6-15)22-14-13-20-11-3-1-2-4-12-20/h5-8H,1-4,9,11-14H2,(H,19,21). The summed E-state index contributed by atoms with van der Waals surface area (Å²) in [6.07, 6.45) is 5.13. The van der Waals surface area contributed by atoms with Gasteiger partial charge in [-0.1, -0.05) is 12.8 Å². The van der Waals surface area contributed by atoms with Gasteiger partial charge in [-0.15, -0.1) is 0 Å². The lowest BCUT2D eigenvalue weighted by Crippen LogP contribution is -2.29. The molecule has 1 aliphatic rings. The number of anilines is 1. The van der Waals surface area contributed by atoms with E-state index in [2.05, 4.69) is 10.2 Å². The van der Waals surface area contributed by atoms with Gasteiger partial charge in [0.15, 0.2) is 0 Å². The van der Waals surface area contributed by atoms with Crippen molar-refractivity contribution in [1.82, 2.24) is 4.90 Å². The third-order valence-electron chi connectivity index (χ3n) is 3.75. The minimum absolute atomic E-state index is 0.131. The van der Waals surface area contributed by atoms with Crippen LogP contribution < -0.4 is 10.1 Å². The highest BCUT2D eigenvalue weighted by molar-refractivity contribution is 5.92. The highest BCUT2D eigenvalue weighted by Crippen LogP contribution is 2.16. The number of benzene rings is 1. The normalized spacial score (nSPS) is 15.6. The second kappa shape index (κ2) is 9.06. The highest BCUT2D eigenvalue weighted by atomic mass is 16.5. The quantitative estimate of drug-likeness (QED) is 0.877. The molecule has 0 aromatic heterocycles. The molecule has 22 heavy (non-hydrogen) atoms. The van der Waals surface area contributed by atoms with Gasteiger partial charge >= 0.3 is 0 Å². The molecule has 1 N–H and O–H groups in total. The number of hydrogen-bond donors (Lipinski definition) is 1. The topological polar surface area (TPSA) is 65.4 Å². The number of hydrogen-bond acceptors (Lipinski definition) is 4. The summed E-state index contributed by atoms with van der Waals surface area (Å²) in [5.41, 5.74) is 0.681. The number of amides is 1. The molecule has 1 heterocycles. The van der Waals surface area contributed by atoms with Crippen molar-refractivity contribution in [2.75, 3.05) is 31.6 Å². The van der Waals surface area contributed by atoms with Gasteiger partial charge in [0, 0.05) is 12.2 Å². The van der Waals surface area contributed by atoms with E-state index in [4.69, 9.17) is 10.00 Å². The van der Waals surface area contributed by atoms with Crippen molar-refractivity contribution in [3.63, 3.8) is 0 Å². The second-order valence-electron chi connectivity index (χ2n) is 5.51. The lowest BCUT2D eigenvalue weighted by atomic mass is 10.2. The van der Waals surface area contributed by atoms with Crippen LogP contribution in [0.3, 0.4) is 0 Å². The Balaban J connectivity index is 1.72. The van der Waals surface area contributed by atoms with Gasteiger partial charge in [0.05, 0.1) is 6.07 Å². The maximum Gasteiger partial charge on any atom is 0.238 e. The van der Waals surface area contributed by atoms with Gasteiger partial charge in [-0.25, -0.2) is 0 Å². The number of likely N-dealkylation sites (tertiary alicyclic amines) is 1. The fourth-order valence-corrected chi connectivity index (χ4v) is 2.56. The Labute approximate surface area is 131 Å². The molecule has 1 aliphatic heterocycles. The summed E-state index contributed by atoms with van der Waals surface area (Å²) >= 11 is 0. The third-order valence-corrected chi connectivity index (χ3v) is 3.75. The molecular formula is C17H23N3O2. The molecule has 5 nitrogen and oxygen atoms in total. The summed E-state index contributed by atoms with van der Waals surface area (Å²) in [7, 11) is 0. The van der Waals surface area contributed by atoms with Crippen LogP contribution in [-0.2, 0) is 4.79 Å². The maximum absolute atomic E-state index is 11.3. The van der Waals surface area contributed by atoms with Gasteiger partial charge in [0.1, 0.15) is 18.8 Å². The average molecular weight is 301 g/mol. The minimum atomic E-state index is -0.294. The first-order valence-corrected chi connectivity index (χ1v) is 7.90. The molecule has 0 atom stereocenters. The van der Waals surface area contributed by atoms with Crippen molar-refractivity contribution in [3.05, 3.63) is 24.3 Å². The Morgan fingerprint density at radius 1 is 1.18 bits per heavy atom. The molecule has 0 unspecified atom stereocenters. The van der Waals surface area contributed by atoms with Crippen molar-refractivity contribution in [1.29, 1.82) is 5.26 Å². The first kappa shape index (κ1) is 16.3. The fraction of sp³-hybridized carbons (Fsp3) is 0.529. The van der Waals surface area contributed by atoms with Crippen molar-refractivity contribution < 1.29 is 9.53 Å². The van der Waals surface area contributed by atoms with Gasteiger partial charge in [-0.05, 0) is 50.2 Å². The number of nitrogens with one attached hydrogen (secondary N) is 1. The largest absolute Gasteiger partial charge is 0.492 e. The predicted molar refractivity (Wildman–Crippen MR) is 85.7 cm³/mol. The summed E-state index contributed by atoms with van der Waals surface area (Å²) in [5.74, 6) is 0.505. The highest BCUT2D eigenvalue weighted by Gasteiger charge is 2.08. The van der Waals surface area contributed by atoms with Crippen LogP contribution >= 0.6 is 0 Å². The lowest BCUT2D eigenvalue weighted by Gasteiger charge is -2.19. The molecule has 5 heteroatoms. The minimum Gasteiger partial charge on any atom is -0.492 e. The van der Waals surface area contributed by atoms with E-state index in [0.717, 1.165) is 12.3 Å². The molecule has 1 fully saturated rings. The lowest BCUT2D eigenvalue weighted by molar-refractivity contribution is -0.115. The van der Waals surface area contributed by atoms with Crippen LogP contribution in [0.25, 0.3) is 0 Å². The van der Waals surface area contributed by atoms with Crippen LogP contribution in [0.2, 0.25) is 0 Å². The number of rotatable bonds is 6. The summed E-state index contributed by atoms with van der Waals surface area (Å²) in [4.78, 5) is 13.8. The van der Waals surface area contributed by atoms with Crippen molar-refractivity contribution in [3.8, 4) is 11.8 Å². The van der Waals surface area contributed by atoms with E-state index in [-0.39, 0.29) is 12.3 Å². The monoisotopic (exact) mass is 301 g/mol. The molecule has 1 amide bonds. The van der Waals surface area contributed by atoms with Crippen LogP contribution in [0.15, 0.2) is 24.3 Å². The van der Waals surface area contributed by atoms with E-state index in [1.54, 1.807) is 12.1 Å².